The summed E-state index contributed by atoms with van der Waals surface area (Å²) in [5.41, 5.74) is 0.553. The number of nitriles is 1. The van der Waals surface area contributed by atoms with Gasteiger partial charge < -0.3 is 10.1 Å². The van der Waals surface area contributed by atoms with Crippen LogP contribution in [0.15, 0.2) is 18.2 Å². The fraction of sp³-hybridized carbons (Fsp3) is 0.467. The molecule has 0 aliphatic rings. The molecule has 0 radical (unpaired) electrons. The van der Waals surface area contributed by atoms with Crippen molar-refractivity contribution in [1.82, 2.24) is 5.32 Å². The van der Waals surface area contributed by atoms with Gasteiger partial charge >= 0.3 is 6.09 Å². The van der Waals surface area contributed by atoms with Gasteiger partial charge in [-0.15, -0.1) is 0 Å². The summed E-state index contributed by atoms with van der Waals surface area (Å²) in [6, 6.07) is 5.88. The Morgan fingerprint density at radius 3 is 2.65 bits per heavy atom. The summed E-state index contributed by atoms with van der Waals surface area (Å²) in [5, 5.41) is 11.5. The van der Waals surface area contributed by atoms with E-state index in [1.165, 1.54) is 6.07 Å². The molecule has 0 bridgehead atoms. The van der Waals surface area contributed by atoms with E-state index in [9.17, 15) is 9.18 Å². The number of benzene rings is 1. The number of hydrogen-bond acceptors (Lipinski definition) is 3. The Hall–Kier alpha value is -2.09. The van der Waals surface area contributed by atoms with E-state index in [0.717, 1.165) is 5.56 Å². The number of alkyl carbamates (subject to hydrolysis) is 1. The number of nitrogens with one attached hydrogen (secondary N) is 1. The molecule has 0 heterocycles. The number of nitrogens with zero attached hydrogens (tertiary/aromatic N) is 1. The van der Waals surface area contributed by atoms with Crippen molar-refractivity contribution in [2.45, 2.75) is 45.8 Å². The first-order valence-corrected chi connectivity index (χ1v) is 6.35. The lowest BCUT2D eigenvalue weighted by molar-refractivity contribution is 0.0515. The number of carbonyl (C=O) groups is 1. The van der Waals surface area contributed by atoms with Crippen molar-refractivity contribution in [3.8, 4) is 6.07 Å². The molecular formula is C15H19FN2O2. The molecule has 1 N–H and O–H groups in total. The maximum Gasteiger partial charge on any atom is 0.408 e. The molecule has 0 unspecified atom stereocenters. The molecule has 1 aromatic carbocycles. The smallest absolute Gasteiger partial charge is 0.408 e. The molecule has 0 aliphatic heterocycles. The molecule has 108 valence electrons. The monoisotopic (exact) mass is 278 g/mol. The Balaban J connectivity index is 2.69. The van der Waals surface area contributed by atoms with E-state index < -0.39 is 17.7 Å². The zero-order chi connectivity index (χ0) is 15.3. The third kappa shape index (κ3) is 5.27. The standard InChI is InChI=1S/C15H19FN2O2/c1-10-5-6-11(13(16)7-10)8-12(9-17)18-14(19)20-15(2,3)4/h5-7,12H,8H2,1-4H3,(H,18,19)/t12-/m0/s1. The Bertz CT molecular complexity index is 530. The second kappa shape index (κ2) is 6.38. The molecule has 1 rings (SSSR count). The van der Waals surface area contributed by atoms with Gasteiger partial charge in [0.2, 0.25) is 0 Å². The normalized spacial score (nSPS) is 12.4. The van der Waals surface area contributed by atoms with E-state index in [4.69, 9.17) is 10.00 Å². The Morgan fingerprint density at radius 2 is 2.15 bits per heavy atom. The van der Waals surface area contributed by atoms with Crippen molar-refractivity contribution in [2.75, 3.05) is 0 Å². The summed E-state index contributed by atoms with van der Waals surface area (Å²) in [6.07, 6.45) is -0.585. The molecular weight excluding hydrogens is 259 g/mol. The highest BCUT2D eigenvalue weighted by Gasteiger charge is 2.20. The molecule has 0 saturated carbocycles. The predicted octanol–water partition coefficient (Wildman–Crippen LogP) is 3.09. The third-order valence-electron chi connectivity index (χ3n) is 2.48. The molecule has 5 heteroatoms. The minimum Gasteiger partial charge on any atom is -0.444 e. The summed E-state index contributed by atoms with van der Waals surface area (Å²) >= 11 is 0. The van der Waals surface area contributed by atoms with Gasteiger partial charge in [0, 0.05) is 6.42 Å². The van der Waals surface area contributed by atoms with E-state index in [1.54, 1.807) is 39.8 Å². The lowest BCUT2D eigenvalue weighted by Crippen LogP contribution is -2.39. The summed E-state index contributed by atoms with van der Waals surface area (Å²) in [6.45, 7) is 6.97. The van der Waals surface area contributed by atoms with Crippen LogP contribution in [0.2, 0.25) is 0 Å². The van der Waals surface area contributed by atoms with Gasteiger partial charge in [0.25, 0.3) is 0 Å². The van der Waals surface area contributed by atoms with E-state index in [1.807, 2.05) is 6.07 Å². The molecule has 1 amide bonds. The van der Waals surface area contributed by atoms with Gasteiger partial charge in [-0.1, -0.05) is 12.1 Å². The Morgan fingerprint density at radius 1 is 1.50 bits per heavy atom. The first kappa shape index (κ1) is 16.0. The molecule has 0 fully saturated rings. The Labute approximate surface area is 118 Å². The van der Waals surface area contributed by atoms with Gasteiger partial charge in [0.05, 0.1) is 6.07 Å². The van der Waals surface area contributed by atoms with Crippen molar-refractivity contribution in [3.63, 3.8) is 0 Å². The van der Waals surface area contributed by atoms with Crippen LogP contribution in [0.3, 0.4) is 0 Å². The highest BCUT2D eigenvalue weighted by Crippen LogP contribution is 2.12. The number of halogens is 1. The molecule has 1 aromatic rings. The molecule has 0 saturated heterocycles. The van der Waals surface area contributed by atoms with Crippen molar-refractivity contribution in [1.29, 1.82) is 5.26 Å². The fourth-order valence-corrected chi connectivity index (χ4v) is 1.62. The molecule has 0 spiro atoms. The largest absolute Gasteiger partial charge is 0.444 e. The molecule has 20 heavy (non-hydrogen) atoms. The van der Waals surface area contributed by atoms with E-state index in [0.29, 0.717) is 5.56 Å². The lowest BCUT2D eigenvalue weighted by atomic mass is 10.0. The summed E-state index contributed by atoms with van der Waals surface area (Å²) in [5.74, 6) is -0.378. The van der Waals surface area contributed by atoms with Crippen LogP contribution in [0, 0.1) is 24.1 Å². The van der Waals surface area contributed by atoms with Gasteiger partial charge in [-0.05, 0) is 44.9 Å². The number of hydrogen-bond donors (Lipinski definition) is 1. The van der Waals surface area contributed by atoms with Crippen LogP contribution in [0.5, 0.6) is 0 Å². The highest BCUT2D eigenvalue weighted by molar-refractivity contribution is 5.68. The van der Waals surface area contributed by atoms with E-state index >= 15 is 0 Å². The average Bonchev–Trinajstić information content (AvgIpc) is 2.29. The van der Waals surface area contributed by atoms with Gasteiger partial charge in [0.1, 0.15) is 17.5 Å². The van der Waals surface area contributed by atoms with Gasteiger partial charge in [-0.25, -0.2) is 9.18 Å². The van der Waals surface area contributed by atoms with Crippen molar-refractivity contribution >= 4 is 6.09 Å². The number of carbonyl (C=O) groups excluding carboxylic acids is 1. The number of rotatable bonds is 3. The minimum absolute atomic E-state index is 0.0991. The summed E-state index contributed by atoms with van der Waals surface area (Å²) in [7, 11) is 0. The second-order valence-corrected chi connectivity index (χ2v) is 5.63. The zero-order valence-corrected chi connectivity index (χ0v) is 12.2. The predicted molar refractivity (Wildman–Crippen MR) is 73.6 cm³/mol. The molecule has 4 nitrogen and oxygen atoms in total. The Kier molecular flexibility index (Phi) is 5.09. The second-order valence-electron chi connectivity index (χ2n) is 5.63. The number of amides is 1. The van der Waals surface area contributed by atoms with Gasteiger partial charge in [-0.3, -0.25) is 0 Å². The number of ether oxygens (including phenoxy) is 1. The van der Waals surface area contributed by atoms with Gasteiger partial charge in [0.15, 0.2) is 0 Å². The first-order valence-electron chi connectivity index (χ1n) is 6.35. The van der Waals surface area contributed by atoms with Crippen molar-refractivity contribution in [3.05, 3.63) is 35.1 Å². The maximum absolute atomic E-state index is 13.7. The van der Waals surface area contributed by atoms with Crippen LogP contribution in [-0.2, 0) is 11.2 Å². The highest BCUT2D eigenvalue weighted by atomic mass is 19.1. The van der Waals surface area contributed by atoms with Crippen LogP contribution in [-0.4, -0.2) is 17.7 Å². The van der Waals surface area contributed by atoms with Crippen LogP contribution < -0.4 is 5.32 Å². The number of aryl methyl sites for hydroxylation is 1. The molecule has 1 atom stereocenters. The maximum atomic E-state index is 13.7. The SMILES string of the molecule is Cc1ccc(C[C@@H](C#N)NC(=O)OC(C)(C)C)c(F)c1. The summed E-state index contributed by atoms with van der Waals surface area (Å²) in [4.78, 5) is 11.6. The third-order valence-corrected chi connectivity index (χ3v) is 2.48. The average molecular weight is 278 g/mol. The van der Waals surface area contributed by atoms with Crippen LogP contribution >= 0.6 is 0 Å². The van der Waals surface area contributed by atoms with Crippen LogP contribution in [0.1, 0.15) is 31.9 Å². The fourth-order valence-electron chi connectivity index (χ4n) is 1.62. The minimum atomic E-state index is -0.831. The first-order chi connectivity index (χ1) is 9.21. The lowest BCUT2D eigenvalue weighted by Gasteiger charge is -2.21. The van der Waals surface area contributed by atoms with Gasteiger partial charge in [-0.2, -0.15) is 5.26 Å². The van der Waals surface area contributed by atoms with Crippen molar-refractivity contribution < 1.29 is 13.9 Å². The van der Waals surface area contributed by atoms with E-state index in [2.05, 4.69) is 5.32 Å². The van der Waals surface area contributed by atoms with Crippen LogP contribution in [0.4, 0.5) is 9.18 Å². The molecule has 0 aliphatic carbocycles. The van der Waals surface area contributed by atoms with E-state index in [-0.39, 0.29) is 12.2 Å². The zero-order valence-electron chi connectivity index (χ0n) is 12.2. The quantitative estimate of drug-likeness (QED) is 0.924. The summed E-state index contributed by atoms with van der Waals surface area (Å²) < 4.78 is 18.8. The molecule has 0 aromatic heterocycles. The van der Waals surface area contributed by atoms with Crippen LogP contribution in [0.25, 0.3) is 0 Å². The van der Waals surface area contributed by atoms with Crippen molar-refractivity contribution in [2.24, 2.45) is 0 Å². The topological polar surface area (TPSA) is 62.1 Å².